The molecule has 3 aliphatic rings. The Morgan fingerprint density at radius 3 is 2.18 bits per heavy atom. The fourth-order valence-corrected chi connectivity index (χ4v) is 9.08. The van der Waals surface area contributed by atoms with Gasteiger partial charge >= 0.3 is 7.82 Å². The van der Waals surface area contributed by atoms with Crippen LogP contribution in [-0.2, 0) is 35.5 Å². The fourth-order valence-electron chi connectivity index (χ4n) is 8.04. The Kier molecular flexibility index (Phi) is 20.0. The highest BCUT2D eigenvalue weighted by molar-refractivity contribution is 7.46. The number of phosphoric acid groups is 1. The van der Waals surface area contributed by atoms with Crippen LogP contribution >= 0.6 is 39.4 Å². The minimum Gasteiger partial charge on any atom is -0.493 e. The molecule has 2 bridgehead atoms. The van der Waals surface area contributed by atoms with Crippen LogP contribution in [0.15, 0.2) is 42.5 Å². The quantitative estimate of drug-likeness (QED) is 0.0406. The smallest absolute Gasteiger partial charge is 0.493 e. The van der Waals surface area contributed by atoms with Crippen molar-refractivity contribution in [2.45, 2.75) is 103 Å². The van der Waals surface area contributed by atoms with Crippen LogP contribution < -0.4 is 25.0 Å². The zero-order valence-corrected chi connectivity index (χ0v) is 38.6. The van der Waals surface area contributed by atoms with Crippen molar-refractivity contribution in [3.05, 3.63) is 86.4 Å². The van der Waals surface area contributed by atoms with E-state index in [1.54, 1.807) is 46.9 Å². The second-order valence-corrected chi connectivity index (χ2v) is 19.2. The monoisotopic (exact) mass is 950 g/mol. The fraction of sp³-hybridized carbons (Fsp3) is 0.500. The number of nitrogens with two attached hydrogens (primary N) is 1. The van der Waals surface area contributed by atoms with E-state index < -0.39 is 38.8 Å². The predicted octanol–water partition coefficient (Wildman–Crippen LogP) is 7.93. The maximum Gasteiger partial charge on any atom is 0.524 e. The first-order valence-corrected chi connectivity index (χ1v) is 23.4. The van der Waals surface area contributed by atoms with Gasteiger partial charge in [0.25, 0.3) is 0 Å². The van der Waals surface area contributed by atoms with Crippen LogP contribution in [0.2, 0.25) is 10.0 Å². The van der Waals surface area contributed by atoms with Crippen LogP contribution in [-0.4, -0.2) is 76.3 Å². The van der Waals surface area contributed by atoms with E-state index in [-0.39, 0.29) is 65.2 Å². The first-order valence-electron chi connectivity index (χ1n) is 19.7. The molecule has 62 heavy (non-hydrogen) atoms. The van der Waals surface area contributed by atoms with Gasteiger partial charge in [-0.05, 0) is 106 Å². The summed E-state index contributed by atoms with van der Waals surface area (Å²) >= 11 is 11.5. The van der Waals surface area contributed by atoms with Crippen molar-refractivity contribution < 1.29 is 66.0 Å². The molecule has 20 heteroatoms. The Balaban J connectivity index is 0.000000320. The van der Waals surface area contributed by atoms with Crippen molar-refractivity contribution in [1.29, 1.82) is 0 Å². The number of carbonyl (C=O) groups excluding carboxylic acids is 3. The number of halogens is 4. The minimum absolute atomic E-state index is 0.0155. The topological polar surface area (TPSA) is 224 Å². The molecule has 0 spiro atoms. The maximum absolute atomic E-state index is 13.7. The SMILES string of the molecule is COC1CC2(COc3ccc(Cl)c(F)c3)CCC1(NC(=O)CCc1ccc(Cl)c(F)c1)CC2.Cc1cc(OP(=O)(O)O)c(C(C)(C)CC=O)c(C)c1OCCCP(O)O.NC=O. The van der Waals surface area contributed by atoms with Crippen LogP contribution in [0, 0.1) is 30.9 Å². The first-order chi connectivity index (χ1) is 29.0. The zero-order chi connectivity index (χ0) is 46.5. The molecule has 6 rings (SSSR count). The van der Waals surface area contributed by atoms with E-state index >= 15 is 0 Å². The highest BCUT2D eigenvalue weighted by Gasteiger charge is 2.55. The number of carbonyl (C=O) groups is 3. The number of aldehydes is 1. The Labute approximate surface area is 371 Å². The van der Waals surface area contributed by atoms with E-state index in [2.05, 4.69) is 11.1 Å². The largest absolute Gasteiger partial charge is 0.524 e. The molecule has 344 valence electrons. The Morgan fingerprint density at radius 2 is 1.63 bits per heavy atom. The third-order valence-electron chi connectivity index (χ3n) is 11.1. The summed E-state index contributed by atoms with van der Waals surface area (Å²) in [5.74, 6) is -0.0628. The number of amides is 2. The van der Waals surface area contributed by atoms with Crippen molar-refractivity contribution in [3.63, 3.8) is 0 Å². The molecule has 2 amide bonds. The van der Waals surface area contributed by atoms with E-state index in [1.165, 1.54) is 30.3 Å². The molecule has 3 aromatic carbocycles. The third-order valence-corrected chi connectivity index (χ3v) is 12.8. The van der Waals surface area contributed by atoms with Crippen molar-refractivity contribution in [2.24, 2.45) is 11.1 Å². The van der Waals surface area contributed by atoms with Crippen molar-refractivity contribution in [3.8, 4) is 17.2 Å². The summed E-state index contributed by atoms with van der Waals surface area (Å²) in [6.07, 6.45) is 6.44. The van der Waals surface area contributed by atoms with Crippen LogP contribution in [0.5, 0.6) is 17.2 Å². The molecule has 7 N–H and O–H groups in total. The van der Waals surface area contributed by atoms with Crippen LogP contribution in [0.1, 0.15) is 87.5 Å². The van der Waals surface area contributed by atoms with Gasteiger partial charge in [-0.1, -0.05) is 43.1 Å². The molecule has 0 aromatic heterocycles. The van der Waals surface area contributed by atoms with E-state index in [4.69, 9.17) is 56.5 Å². The number of hydrogen-bond donors (Lipinski definition) is 6. The average molecular weight is 952 g/mol. The Morgan fingerprint density at radius 1 is 1.02 bits per heavy atom. The second-order valence-electron chi connectivity index (χ2n) is 16.0. The molecule has 3 aromatic rings. The van der Waals surface area contributed by atoms with Crippen LogP contribution in [0.25, 0.3) is 0 Å². The van der Waals surface area contributed by atoms with Gasteiger partial charge in [0.1, 0.15) is 35.2 Å². The van der Waals surface area contributed by atoms with Crippen molar-refractivity contribution >= 4 is 58.0 Å². The third kappa shape index (κ3) is 15.1. The van der Waals surface area contributed by atoms with Gasteiger partial charge in [-0.25, -0.2) is 13.3 Å². The number of primary amides is 1. The number of phosphoric ester groups is 1. The van der Waals surface area contributed by atoms with Crippen molar-refractivity contribution in [2.75, 3.05) is 26.5 Å². The van der Waals surface area contributed by atoms with Gasteiger partial charge < -0.3 is 44.4 Å². The maximum atomic E-state index is 13.7. The molecule has 3 saturated carbocycles. The van der Waals surface area contributed by atoms with E-state index in [9.17, 15) is 32.7 Å². The highest BCUT2D eigenvalue weighted by Crippen LogP contribution is 2.54. The number of aryl methyl sites for hydroxylation is 2. The molecule has 14 nitrogen and oxygen atoms in total. The molecule has 0 saturated heterocycles. The van der Waals surface area contributed by atoms with Gasteiger partial charge in [-0.3, -0.25) is 19.4 Å². The lowest BCUT2D eigenvalue weighted by molar-refractivity contribution is -0.139. The zero-order valence-electron chi connectivity index (χ0n) is 35.3. The first kappa shape index (κ1) is 52.9. The van der Waals surface area contributed by atoms with E-state index in [1.807, 2.05) is 0 Å². The molecular formula is C42H56Cl2F2N2O12P2. The summed E-state index contributed by atoms with van der Waals surface area (Å²) in [4.78, 5) is 68.7. The van der Waals surface area contributed by atoms with Crippen LogP contribution in [0.4, 0.5) is 8.78 Å². The number of hydrogen-bond acceptors (Lipinski definition) is 10. The van der Waals surface area contributed by atoms with E-state index in [0.717, 1.165) is 44.0 Å². The lowest BCUT2D eigenvalue weighted by Gasteiger charge is -2.57. The Hall–Kier alpha value is -3.43. The summed E-state index contributed by atoms with van der Waals surface area (Å²) in [5, 5.41) is 3.37. The molecule has 3 aliphatic carbocycles. The number of nitrogens with one attached hydrogen (secondary N) is 1. The van der Waals surface area contributed by atoms with Gasteiger partial charge in [-0.15, -0.1) is 0 Å². The summed E-state index contributed by atoms with van der Waals surface area (Å²) in [6.45, 7) is 7.73. The summed E-state index contributed by atoms with van der Waals surface area (Å²) in [7, 11) is -5.08. The van der Waals surface area contributed by atoms with Gasteiger partial charge in [-0.2, -0.15) is 0 Å². The molecule has 0 heterocycles. The van der Waals surface area contributed by atoms with E-state index in [0.29, 0.717) is 47.6 Å². The molecule has 1 unspecified atom stereocenters. The molecule has 3 fully saturated rings. The number of rotatable bonds is 18. The van der Waals surface area contributed by atoms with Crippen LogP contribution in [0.3, 0.4) is 0 Å². The average Bonchev–Trinajstić information content (AvgIpc) is 3.18. The number of benzene rings is 3. The minimum atomic E-state index is -4.78. The molecule has 0 radical (unpaired) electrons. The van der Waals surface area contributed by atoms with Gasteiger partial charge in [0.15, 0.2) is 8.38 Å². The van der Waals surface area contributed by atoms with Gasteiger partial charge in [0.05, 0.1) is 34.9 Å². The molecular weight excluding hydrogens is 895 g/mol. The number of methoxy groups -OCH3 is 1. The summed E-state index contributed by atoms with van der Waals surface area (Å²) in [6, 6.07) is 10.5. The normalized spacial score (nSPS) is 19.4. The Bertz CT molecular complexity index is 2050. The second kappa shape index (κ2) is 23.5. The lowest BCUT2D eigenvalue weighted by atomic mass is 9.56. The highest BCUT2D eigenvalue weighted by atomic mass is 35.5. The summed E-state index contributed by atoms with van der Waals surface area (Å²) in [5.41, 5.74) is 5.40. The van der Waals surface area contributed by atoms with Gasteiger partial charge in [0, 0.05) is 48.6 Å². The predicted molar refractivity (Wildman–Crippen MR) is 233 cm³/mol. The van der Waals surface area contributed by atoms with Gasteiger partial charge in [0.2, 0.25) is 12.3 Å². The standard InChI is InChI=1S/C25H27Cl2F2NO3.C16H26O8P2.CH3NO/c1-32-22-14-24(15-33-17-4-6-19(27)21(29)13-17)8-10-25(22,11-9-24)30-23(31)7-3-16-2-5-18(26)20(28)12-16;1-11-10-13(24-26(20,21)22)14(16(3,4)6-7-17)12(2)15(11)23-8-5-9-25(18)19;2-1-3/h2,4-6,12-13,22H,3,7-11,14-15H2,1H3,(H,30,31);7,10,18-19H,5-6,8-9H2,1-4H3,(H2,20,21,22);1H,(H2,2,3). The lowest BCUT2D eigenvalue weighted by Crippen LogP contribution is -2.66. The number of ether oxygens (including phenoxy) is 3. The van der Waals surface area contributed by atoms with Crippen molar-refractivity contribution in [1.82, 2.24) is 5.32 Å². The number of fused-ring (bicyclic) bond motifs is 3. The molecule has 1 atom stereocenters. The molecule has 0 aliphatic heterocycles. The summed E-state index contributed by atoms with van der Waals surface area (Å²) < 4.78 is 61.1.